The first-order valence-corrected chi connectivity index (χ1v) is 4.51. The van der Waals surface area contributed by atoms with Gasteiger partial charge in [-0.3, -0.25) is 0 Å². The predicted octanol–water partition coefficient (Wildman–Crippen LogP) is 0.861. The van der Waals surface area contributed by atoms with Gasteiger partial charge in [0.15, 0.2) is 0 Å². The molecule has 0 saturated carbocycles. The SMILES string of the molecule is Cl[O][Pb][O]Cl. The van der Waals surface area contributed by atoms with Crippen molar-refractivity contribution in [2.45, 2.75) is 0 Å². The van der Waals surface area contributed by atoms with Gasteiger partial charge in [-0.05, 0) is 0 Å². The summed E-state index contributed by atoms with van der Waals surface area (Å²) in [6.45, 7) is 0. The monoisotopic (exact) mass is 310 g/mol. The summed E-state index contributed by atoms with van der Waals surface area (Å²) in [5, 5.41) is 0. The zero-order valence-electron chi connectivity index (χ0n) is 2.07. The van der Waals surface area contributed by atoms with Gasteiger partial charge in [-0.15, -0.1) is 0 Å². The Morgan fingerprint density at radius 3 is 1.60 bits per heavy atom. The molecule has 0 heterocycles. The number of hydrogen-bond donors (Lipinski definition) is 0. The standard InChI is InChI=1S/2ClO.Pb/c2*1-2;/q2*-1;+2. The van der Waals surface area contributed by atoms with Crippen LogP contribution in [0.4, 0.5) is 0 Å². The van der Waals surface area contributed by atoms with Crippen molar-refractivity contribution in [3.63, 3.8) is 0 Å². The van der Waals surface area contributed by atoms with Crippen LogP contribution in [-0.4, -0.2) is 25.1 Å². The molecule has 2 radical (unpaired) electrons. The van der Waals surface area contributed by atoms with Gasteiger partial charge in [-0.25, -0.2) is 0 Å². The van der Waals surface area contributed by atoms with Crippen molar-refractivity contribution >= 4 is 48.9 Å². The van der Waals surface area contributed by atoms with Crippen molar-refractivity contribution in [3.8, 4) is 0 Å². The van der Waals surface area contributed by atoms with Crippen LogP contribution >= 0.6 is 23.7 Å². The molecule has 0 aromatic carbocycles. The number of rotatable bonds is 2. The average Bonchev–Trinajstić information content (AvgIpc) is 1.41. The Hall–Kier alpha value is 1.42. The molecule has 2 nitrogen and oxygen atoms in total. The van der Waals surface area contributed by atoms with Crippen molar-refractivity contribution in [2.24, 2.45) is 0 Å². The first-order valence-electron chi connectivity index (χ1n) is 0.717. The first kappa shape index (κ1) is 6.42. The van der Waals surface area contributed by atoms with Gasteiger partial charge in [-0.2, -0.15) is 0 Å². The van der Waals surface area contributed by atoms with E-state index < -0.39 is 25.1 Å². The molecule has 0 unspecified atom stereocenters. The maximum atomic E-state index is 4.68. The van der Waals surface area contributed by atoms with Crippen LogP contribution in [0.5, 0.6) is 0 Å². The van der Waals surface area contributed by atoms with Gasteiger partial charge in [0.1, 0.15) is 0 Å². The molecule has 0 fully saturated rings. The van der Waals surface area contributed by atoms with E-state index in [0.717, 1.165) is 0 Å². The molecule has 0 N–H and O–H groups in total. The Balaban J connectivity index is 2.19. The van der Waals surface area contributed by atoms with E-state index in [4.69, 9.17) is 0 Å². The third kappa shape index (κ3) is 5.42. The van der Waals surface area contributed by atoms with Gasteiger partial charge >= 0.3 is 53.4 Å². The van der Waals surface area contributed by atoms with Crippen LogP contribution in [0, 0.1) is 0 Å². The minimum absolute atomic E-state index is 1.42. The van der Waals surface area contributed by atoms with Crippen LogP contribution in [0.1, 0.15) is 0 Å². The summed E-state index contributed by atoms with van der Waals surface area (Å²) in [6, 6.07) is 0. The molecule has 0 atom stereocenters. The van der Waals surface area contributed by atoms with E-state index in [1.54, 1.807) is 0 Å². The summed E-state index contributed by atoms with van der Waals surface area (Å²) in [5.41, 5.74) is 0. The Morgan fingerprint density at radius 1 is 1.20 bits per heavy atom. The normalized spacial score (nSPS) is 8.40. The van der Waals surface area contributed by atoms with E-state index in [1.807, 2.05) is 0 Å². The first-order chi connectivity index (χ1) is 2.41. The third-order valence-corrected chi connectivity index (χ3v) is 1.66. The van der Waals surface area contributed by atoms with Crippen molar-refractivity contribution in [3.05, 3.63) is 0 Å². The van der Waals surface area contributed by atoms with Crippen molar-refractivity contribution in [2.75, 3.05) is 0 Å². The second-order valence-corrected chi connectivity index (χ2v) is 4.79. The Labute approximate surface area is 53.2 Å². The Bertz CT molecular complexity index is 15.1. The summed E-state index contributed by atoms with van der Waals surface area (Å²) >= 11 is 7.94. The van der Waals surface area contributed by atoms with Gasteiger partial charge in [0, 0.05) is 0 Å². The zero-order chi connectivity index (χ0) is 4.12. The number of hydrogen-bond acceptors (Lipinski definition) is 2. The van der Waals surface area contributed by atoms with E-state index in [-0.39, 0.29) is 0 Å². The van der Waals surface area contributed by atoms with E-state index in [9.17, 15) is 0 Å². The fourth-order valence-corrected chi connectivity index (χ4v) is 0.940. The second kappa shape index (κ2) is 5.42. The summed E-state index contributed by atoms with van der Waals surface area (Å²) in [6.07, 6.45) is 0. The summed E-state index contributed by atoms with van der Waals surface area (Å²) < 4.78 is 8.01. The summed E-state index contributed by atoms with van der Waals surface area (Å²) in [4.78, 5) is 0. The molecular weight excluding hydrogens is 310 g/mol. The van der Waals surface area contributed by atoms with Gasteiger partial charge in [0.2, 0.25) is 0 Å². The molecule has 0 aliphatic heterocycles. The van der Waals surface area contributed by atoms with Crippen molar-refractivity contribution in [1.82, 2.24) is 0 Å². The van der Waals surface area contributed by atoms with Gasteiger partial charge in [0.25, 0.3) is 0 Å². The fourth-order valence-electron chi connectivity index (χ4n) is 0.0119. The molecule has 0 rings (SSSR count). The molecule has 0 aliphatic rings. The topological polar surface area (TPSA) is 18.5 Å². The molecule has 0 aromatic rings. The fraction of sp³-hybridized carbons (Fsp3) is 0. The molecular formula is Cl2O2Pb. The molecule has 30 valence electrons. The molecule has 0 saturated heterocycles. The summed E-state index contributed by atoms with van der Waals surface area (Å²) in [5.74, 6) is 0. The molecule has 0 bridgehead atoms. The number of halogens is 2. The van der Waals surface area contributed by atoms with E-state index in [2.05, 4.69) is 28.2 Å². The molecule has 5 heteroatoms. The molecule has 0 aliphatic carbocycles. The Morgan fingerprint density at radius 2 is 1.60 bits per heavy atom. The van der Waals surface area contributed by atoms with Crippen molar-refractivity contribution in [1.29, 1.82) is 0 Å². The van der Waals surface area contributed by atoms with E-state index in [1.165, 1.54) is 0 Å². The molecule has 0 amide bonds. The van der Waals surface area contributed by atoms with Crippen LogP contribution < -0.4 is 0 Å². The van der Waals surface area contributed by atoms with E-state index in [0.29, 0.717) is 0 Å². The van der Waals surface area contributed by atoms with E-state index >= 15 is 0 Å². The average molecular weight is 310 g/mol. The third-order valence-electron chi connectivity index (χ3n) is 0.0630. The van der Waals surface area contributed by atoms with Gasteiger partial charge in [-0.1, -0.05) is 0 Å². The zero-order valence-corrected chi connectivity index (χ0v) is 7.47. The maximum absolute atomic E-state index is 4.68. The van der Waals surface area contributed by atoms with Crippen LogP contribution in [0.2, 0.25) is 0 Å². The summed E-state index contributed by atoms with van der Waals surface area (Å²) in [7, 11) is 0. The second-order valence-electron chi connectivity index (χ2n) is 0.238. The molecule has 0 aromatic heterocycles. The van der Waals surface area contributed by atoms with Crippen LogP contribution in [0.3, 0.4) is 0 Å². The Kier molecular flexibility index (Phi) is 6.96. The van der Waals surface area contributed by atoms with Crippen LogP contribution in [0.25, 0.3) is 0 Å². The minimum atomic E-state index is -1.42. The van der Waals surface area contributed by atoms with Crippen LogP contribution in [0.15, 0.2) is 0 Å². The molecule has 0 spiro atoms. The van der Waals surface area contributed by atoms with Crippen LogP contribution in [-0.2, 0) is 4.48 Å². The predicted molar refractivity (Wildman–Crippen MR) is 19.6 cm³/mol. The van der Waals surface area contributed by atoms with Crippen molar-refractivity contribution < 1.29 is 4.48 Å². The molecule has 5 heavy (non-hydrogen) atoms. The van der Waals surface area contributed by atoms with Gasteiger partial charge < -0.3 is 0 Å². The quantitative estimate of drug-likeness (QED) is 0.705. The van der Waals surface area contributed by atoms with Gasteiger partial charge in [0.05, 0.1) is 0 Å².